The zero-order valence-corrected chi connectivity index (χ0v) is 6.86. The molecule has 12 heavy (non-hydrogen) atoms. The molecule has 1 rings (SSSR count). The third-order valence-corrected chi connectivity index (χ3v) is 1.29. The van der Waals surface area contributed by atoms with Crippen LogP contribution < -0.4 is 11.3 Å². The van der Waals surface area contributed by atoms with Gasteiger partial charge in [-0.2, -0.15) is 0 Å². The van der Waals surface area contributed by atoms with Crippen molar-refractivity contribution in [3.8, 4) is 0 Å². The van der Waals surface area contributed by atoms with E-state index in [0.29, 0.717) is 12.4 Å². The zero-order valence-electron chi connectivity index (χ0n) is 6.86. The topological polar surface area (TPSA) is 76.2 Å². The number of hydrogen-bond donors (Lipinski definition) is 2. The van der Waals surface area contributed by atoms with Gasteiger partial charge in [0, 0.05) is 18.9 Å². The largest absolute Gasteiger partial charge is 0.308 e. The predicted octanol–water partition coefficient (Wildman–Crippen LogP) is -0.294. The van der Waals surface area contributed by atoms with E-state index in [1.54, 1.807) is 12.4 Å². The Morgan fingerprint density at radius 2 is 2.25 bits per heavy atom. The van der Waals surface area contributed by atoms with Crippen LogP contribution in [0.4, 0.5) is 0 Å². The normalized spacial score (nSPS) is 11.3. The van der Waals surface area contributed by atoms with Gasteiger partial charge in [0.15, 0.2) is 0 Å². The first-order chi connectivity index (χ1) is 5.88. The van der Waals surface area contributed by atoms with Crippen LogP contribution in [0, 0.1) is 0 Å². The minimum absolute atomic E-state index is 0.609. The molecule has 1 aromatic rings. The predicted molar refractivity (Wildman–Crippen MR) is 46.4 cm³/mol. The molecule has 0 saturated carbocycles. The van der Waals surface area contributed by atoms with Crippen molar-refractivity contribution in [2.45, 2.75) is 6.92 Å². The van der Waals surface area contributed by atoms with E-state index in [9.17, 15) is 0 Å². The van der Waals surface area contributed by atoms with E-state index in [2.05, 4.69) is 20.4 Å². The van der Waals surface area contributed by atoms with E-state index in [0.717, 1.165) is 5.56 Å². The summed E-state index contributed by atoms with van der Waals surface area (Å²) < 4.78 is 0. The van der Waals surface area contributed by atoms with Crippen LogP contribution in [0.3, 0.4) is 0 Å². The first-order valence-corrected chi connectivity index (χ1v) is 3.65. The highest BCUT2D eigenvalue weighted by Gasteiger charge is 1.98. The number of aliphatic imine (C=N–C) groups is 1. The fourth-order valence-electron chi connectivity index (χ4n) is 0.800. The molecule has 0 bridgehead atoms. The average Bonchev–Trinajstić information content (AvgIpc) is 2.15. The minimum Gasteiger partial charge on any atom is -0.308 e. The molecule has 0 aliphatic rings. The van der Waals surface area contributed by atoms with Gasteiger partial charge in [0.1, 0.15) is 12.2 Å². The molecule has 5 heteroatoms. The highest BCUT2D eigenvalue weighted by molar-refractivity contribution is 5.97. The lowest BCUT2D eigenvalue weighted by atomic mass is 10.3. The molecule has 0 aliphatic carbocycles. The van der Waals surface area contributed by atoms with Crippen molar-refractivity contribution < 1.29 is 0 Å². The molecule has 0 fully saturated rings. The lowest BCUT2D eigenvalue weighted by Crippen LogP contribution is -2.31. The van der Waals surface area contributed by atoms with Crippen molar-refractivity contribution >= 4 is 5.84 Å². The fraction of sp³-hybridized carbons (Fsp3) is 0.286. The molecule has 0 aliphatic heterocycles. The molecular weight excluding hydrogens is 154 g/mol. The summed E-state index contributed by atoms with van der Waals surface area (Å²) in [6, 6.07) is 0. The van der Waals surface area contributed by atoms with Gasteiger partial charge in [-0.05, 0) is 6.92 Å². The Balaban J connectivity index is 2.88. The van der Waals surface area contributed by atoms with Gasteiger partial charge in [-0.1, -0.05) is 0 Å². The third kappa shape index (κ3) is 2.00. The van der Waals surface area contributed by atoms with Crippen LogP contribution in [-0.4, -0.2) is 22.3 Å². The maximum absolute atomic E-state index is 5.25. The number of amidine groups is 1. The first kappa shape index (κ1) is 8.61. The minimum atomic E-state index is 0.609. The molecule has 0 radical (unpaired) electrons. The summed E-state index contributed by atoms with van der Waals surface area (Å²) in [5.41, 5.74) is 3.28. The van der Waals surface area contributed by atoms with Crippen LogP contribution in [0.1, 0.15) is 12.5 Å². The van der Waals surface area contributed by atoms with Crippen molar-refractivity contribution in [2.75, 3.05) is 6.54 Å². The summed E-state index contributed by atoms with van der Waals surface area (Å²) in [6.07, 6.45) is 4.77. The summed E-state index contributed by atoms with van der Waals surface area (Å²) in [7, 11) is 0. The second-order valence-corrected chi connectivity index (χ2v) is 2.09. The maximum Gasteiger partial charge on any atom is 0.145 e. The molecule has 0 unspecified atom stereocenters. The Labute approximate surface area is 70.7 Å². The fourth-order valence-corrected chi connectivity index (χ4v) is 0.800. The van der Waals surface area contributed by atoms with Crippen molar-refractivity contribution in [1.29, 1.82) is 0 Å². The van der Waals surface area contributed by atoms with Crippen LogP contribution in [0.15, 0.2) is 23.7 Å². The Hall–Kier alpha value is -1.49. The second-order valence-electron chi connectivity index (χ2n) is 2.09. The number of aromatic nitrogens is 2. The van der Waals surface area contributed by atoms with Crippen LogP contribution in [-0.2, 0) is 0 Å². The average molecular weight is 165 g/mol. The van der Waals surface area contributed by atoms with Gasteiger partial charge < -0.3 is 5.43 Å². The molecule has 3 N–H and O–H groups in total. The molecule has 1 heterocycles. The van der Waals surface area contributed by atoms with E-state index < -0.39 is 0 Å². The van der Waals surface area contributed by atoms with E-state index in [4.69, 9.17) is 5.84 Å². The lowest BCUT2D eigenvalue weighted by molar-refractivity contribution is 0.984. The van der Waals surface area contributed by atoms with Crippen molar-refractivity contribution in [3.63, 3.8) is 0 Å². The Morgan fingerprint density at radius 3 is 2.75 bits per heavy atom. The molecule has 0 spiro atoms. The molecule has 1 aromatic heterocycles. The number of rotatable bonds is 2. The Bertz CT molecular complexity index is 256. The van der Waals surface area contributed by atoms with Crippen molar-refractivity contribution in [3.05, 3.63) is 24.3 Å². The van der Waals surface area contributed by atoms with Crippen molar-refractivity contribution in [1.82, 2.24) is 15.4 Å². The molecule has 5 nitrogen and oxygen atoms in total. The highest BCUT2D eigenvalue weighted by atomic mass is 15.2. The van der Waals surface area contributed by atoms with Crippen LogP contribution in [0.5, 0.6) is 0 Å². The monoisotopic (exact) mass is 165 g/mol. The van der Waals surface area contributed by atoms with Gasteiger partial charge in [-0.3, -0.25) is 4.99 Å². The maximum atomic E-state index is 5.25. The van der Waals surface area contributed by atoms with E-state index >= 15 is 0 Å². The van der Waals surface area contributed by atoms with Crippen LogP contribution in [0.2, 0.25) is 0 Å². The molecule has 0 amide bonds. The molecule has 0 saturated heterocycles. The standard InChI is InChI=1S/C7H11N5/c1-2-11-7(12-8)6-3-9-5-10-4-6/h3-5H,2,8H2,1H3,(H,11,12). The van der Waals surface area contributed by atoms with Gasteiger partial charge in [0.2, 0.25) is 0 Å². The second kappa shape index (κ2) is 4.40. The highest BCUT2D eigenvalue weighted by Crippen LogP contribution is 1.93. The third-order valence-electron chi connectivity index (χ3n) is 1.29. The molecule has 0 aromatic carbocycles. The summed E-state index contributed by atoms with van der Waals surface area (Å²) in [4.78, 5) is 11.8. The lowest BCUT2D eigenvalue weighted by Gasteiger charge is -2.02. The van der Waals surface area contributed by atoms with Crippen LogP contribution >= 0.6 is 0 Å². The van der Waals surface area contributed by atoms with Crippen LogP contribution in [0.25, 0.3) is 0 Å². The molecule has 64 valence electrons. The molecular formula is C7H11N5. The number of hydrogen-bond acceptors (Lipinski definition) is 4. The summed E-state index contributed by atoms with van der Waals surface area (Å²) in [6.45, 7) is 2.61. The van der Waals surface area contributed by atoms with E-state index in [1.807, 2.05) is 6.92 Å². The van der Waals surface area contributed by atoms with Gasteiger partial charge in [-0.15, -0.1) is 0 Å². The Morgan fingerprint density at radius 1 is 1.58 bits per heavy atom. The number of nitrogens with two attached hydrogens (primary N) is 1. The summed E-state index contributed by atoms with van der Waals surface area (Å²) in [5.74, 6) is 5.86. The quantitative estimate of drug-likeness (QED) is 0.273. The van der Waals surface area contributed by atoms with Gasteiger partial charge in [0.25, 0.3) is 0 Å². The first-order valence-electron chi connectivity index (χ1n) is 3.65. The van der Waals surface area contributed by atoms with Gasteiger partial charge >= 0.3 is 0 Å². The van der Waals surface area contributed by atoms with Gasteiger partial charge in [0.05, 0.1) is 5.56 Å². The molecule has 0 atom stereocenters. The van der Waals surface area contributed by atoms with E-state index in [1.165, 1.54) is 6.33 Å². The van der Waals surface area contributed by atoms with Crippen molar-refractivity contribution in [2.24, 2.45) is 10.8 Å². The number of nitrogens with one attached hydrogen (secondary N) is 1. The zero-order chi connectivity index (χ0) is 8.81. The Kier molecular flexibility index (Phi) is 3.16. The van der Waals surface area contributed by atoms with Gasteiger partial charge in [-0.25, -0.2) is 15.8 Å². The summed E-state index contributed by atoms with van der Waals surface area (Å²) >= 11 is 0. The summed E-state index contributed by atoms with van der Waals surface area (Å²) in [5, 5.41) is 0. The number of hydrazine groups is 1. The smallest absolute Gasteiger partial charge is 0.145 e. The SMILES string of the molecule is CCN=C(NN)c1cncnc1. The number of nitrogens with zero attached hydrogens (tertiary/aromatic N) is 3. The van der Waals surface area contributed by atoms with E-state index in [-0.39, 0.29) is 0 Å².